The van der Waals surface area contributed by atoms with Crippen molar-refractivity contribution in [2.75, 3.05) is 20.3 Å². The second-order valence-corrected chi connectivity index (χ2v) is 5.13. The lowest BCUT2D eigenvalue weighted by atomic mass is 10.1. The Labute approximate surface area is 120 Å². The standard InChI is InChI=1S/C16H22N2O2/c1-20-10-9-18(12-13-5-3-2-4-6-13)16(19)14-7-8-15(17)11-14/h2-8,14-15H,9-12,17H2,1H3. The first-order valence-electron chi connectivity index (χ1n) is 6.96. The molecule has 1 aromatic rings. The van der Waals surface area contributed by atoms with Crippen molar-refractivity contribution in [2.24, 2.45) is 11.7 Å². The number of carbonyl (C=O) groups is 1. The highest BCUT2D eigenvalue weighted by Crippen LogP contribution is 2.20. The van der Waals surface area contributed by atoms with E-state index < -0.39 is 0 Å². The van der Waals surface area contributed by atoms with Crippen LogP contribution in [0.5, 0.6) is 0 Å². The Morgan fingerprint density at radius 3 is 2.70 bits per heavy atom. The molecule has 0 bridgehead atoms. The van der Waals surface area contributed by atoms with E-state index in [0.717, 1.165) is 5.56 Å². The highest BCUT2D eigenvalue weighted by atomic mass is 16.5. The van der Waals surface area contributed by atoms with E-state index in [0.29, 0.717) is 26.1 Å². The maximum absolute atomic E-state index is 12.6. The average Bonchev–Trinajstić information content (AvgIpc) is 2.90. The van der Waals surface area contributed by atoms with E-state index in [-0.39, 0.29) is 17.9 Å². The SMILES string of the molecule is COCCN(Cc1ccccc1)C(=O)C1C=CC(N)C1. The van der Waals surface area contributed by atoms with Crippen LogP contribution in [-0.4, -0.2) is 37.1 Å². The monoisotopic (exact) mass is 274 g/mol. The number of hydrogen-bond acceptors (Lipinski definition) is 3. The molecule has 1 aromatic carbocycles. The first kappa shape index (κ1) is 14.8. The molecule has 0 aliphatic heterocycles. The van der Waals surface area contributed by atoms with Gasteiger partial charge in [0.2, 0.25) is 5.91 Å². The van der Waals surface area contributed by atoms with Gasteiger partial charge in [-0.3, -0.25) is 4.79 Å². The van der Waals surface area contributed by atoms with E-state index in [1.165, 1.54) is 0 Å². The summed E-state index contributed by atoms with van der Waals surface area (Å²) in [6.45, 7) is 1.76. The van der Waals surface area contributed by atoms with Gasteiger partial charge in [-0.15, -0.1) is 0 Å². The van der Waals surface area contributed by atoms with E-state index in [1.807, 2.05) is 47.4 Å². The number of hydrogen-bond donors (Lipinski definition) is 1. The maximum atomic E-state index is 12.6. The summed E-state index contributed by atoms with van der Waals surface area (Å²) in [5.41, 5.74) is 6.96. The summed E-state index contributed by atoms with van der Waals surface area (Å²) in [5.74, 6) is 0.0423. The number of rotatable bonds is 6. The van der Waals surface area contributed by atoms with Gasteiger partial charge in [-0.1, -0.05) is 42.5 Å². The first-order valence-corrected chi connectivity index (χ1v) is 6.96. The predicted octanol–water partition coefficient (Wildman–Crippen LogP) is 1.56. The average molecular weight is 274 g/mol. The number of amides is 1. The van der Waals surface area contributed by atoms with Gasteiger partial charge in [0.25, 0.3) is 0 Å². The molecule has 2 N–H and O–H groups in total. The molecule has 2 rings (SSSR count). The number of methoxy groups -OCH3 is 1. The van der Waals surface area contributed by atoms with Gasteiger partial charge in [-0.2, -0.15) is 0 Å². The molecule has 1 amide bonds. The molecule has 0 aromatic heterocycles. The molecule has 4 heteroatoms. The summed E-state index contributed by atoms with van der Waals surface area (Å²) in [6, 6.07) is 10.0. The summed E-state index contributed by atoms with van der Waals surface area (Å²) in [5, 5.41) is 0. The third-order valence-corrected chi connectivity index (χ3v) is 3.53. The highest BCUT2D eigenvalue weighted by molar-refractivity contribution is 5.81. The fourth-order valence-corrected chi connectivity index (χ4v) is 2.42. The van der Waals surface area contributed by atoms with Crippen LogP contribution in [-0.2, 0) is 16.1 Å². The van der Waals surface area contributed by atoms with Crippen LogP contribution in [0, 0.1) is 5.92 Å². The van der Waals surface area contributed by atoms with Crippen molar-refractivity contribution in [3.63, 3.8) is 0 Å². The third-order valence-electron chi connectivity index (χ3n) is 3.53. The van der Waals surface area contributed by atoms with Gasteiger partial charge in [0.1, 0.15) is 0 Å². The molecule has 0 saturated carbocycles. The fourth-order valence-electron chi connectivity index (χ4n) is 2.42. The molecule has 0 saturated heterocycles. The Morgan fingerprint density at radius 2 is 2.10 bits per heavy atom. The molecule has 0 spiro atoms. The minimum atomic E-state index is -0.0921. The smallest absolute Gasteiger partial charge is 0.229 e. The molecule has 20 heavy (non-hydrogen) atoms. The van der Waals surface area contributed by atoms with E-state index in [9.17, 15) is 4.79 Å². The molecule has 108 valence electrons. The summed E-state index contributed by atoms with van der Waals surface area (Å²) in [6.07, 6.45) is 4.55. The highest BCUT2D eigenvalue weighted by Gasteiger charge is 2.26. The molecule has 0 radical (unpaired) electrons. The summed E-state index contributed by atoms with van der Waals surface area (Å²) < 4.78 is 5.11. The van der Waals surface area contributed by atoms with E-state index in [1.54, 1.807) is 7.11 Å². The lowest BCUT2D eigenvalue weighted by Crippen LogP contribution is -2.37. The number of ether oxygens (including phenoxy) is 1. The van der Waals surface area contributed by atoms with Crippen molar-refractivity contribution >= 4 is 5.91 Å². The summed E-state index contributed by atoms with van der Waals surface area (Å²) in [4.78, 5) is 14.4. The van der Waals surface area contributed by atoms with Crippen LogP contribution in [0.25, 0.3) is 0 Å². The Morgan fingerprint density at radius 1 is 1.35 bits per heavy atom. The van der Waals surface area contributed by atoms with Gasteiger partial charge < -0.3 is 15.4 Å². The van der Waals surface area contributed by atoms with Gasteiger partial charge in [0.05, 0.1) is 12.5 Å². The quantitative estimate of drug-likeness (QED) is 0.801. The van der Waals surface area contributed by atoms with Crippen LogP contribution in [0.15, 0.2) is 42.5 Å². The molecule has 0 fully saturated rings. The Bertz CT molecular complexity index is 459. The van der Waals surface area contributed by atoms with Gasteiger partial charge in [0, 0.05) is 26.2 Å². The zero-order valence-corrected chi connectivity index (χ0v) is 11.9. The van der Waals surface area contributed by atoms with Crippen molar-refractivity contribution in [1.29, 1.82) is 0 Å². The van der Waals surface area contributed by atoms with Gasteiger partial charge in [-0.25, -0.2) is 0 Å². The fraction of sp³-hybridized carbons (Fsp3) is 0.438. The molecule has 4 nitrogen and oxygen atoms in total. The lowest BCUT2D eigenvalue weighted by molar-refractivity contribution is -0.135. The van der Waals surface area contributed by atoms with Gasteiger partial charge >= 0.3 is 0 Å². The Balaban J connectivity index is 2.03. The number of nitrogens with two attached hydrogens (primary N) is 1. The summed E-state index contributed by atoms with van der Waals surface area (Å²) >= 11 is 0. The number of carbonyl (C=O) groups excluding carboxylic acids is 1. The second-order valence-electron chi connectivity index (χ2n) is 5.13. The number of benzene rings is 1. The van der Waals surface area contributed by atoms with Gasteiger partial charge in [-0.05, 0) is 12.0 Å². The van der Waals surface area contributed by atoms with Crippen molar-refractivity contribution < 1.29 is 9.53 Å². The maximum Gasteiger partial charge on any atom is 0.229 e. The van der Waals surface area contributed by atoms with Gasteiger partial charge in [0.15, 0.2) is 0 Å². The molecule has 0 heterocycles. The van der Waals surface area contributed by atoms with Crippen molar-refractivity contribution in [3.8, 4) is 0 Å². The molecule has 2 atom stereocenters. The molecule has 1 aliphatic carbocycles. The van der Waals surface area contributed by atoms with Crippen LogP contribution in [0.4, 0.5) is 0 Å². The molecular weight excluding hydrogens is 252 g/mol. The second kappa shape index (κ2) is 7.22. The van der Waals surface area contributed by atoms with Crippen molar-refractivity contribution in [1.82, 2.24) is 4.90 Å². The zero-order chi connectivity index (χ0) is 14.4. The lowest BCUT2D eigenvalue weighted by Gasteiger charge is -2.25. The van der Waals surface area contributed by atoms with E-state index in [2.05, 4.69) is 0 Å². The van der Waals surface area contributed by atoms with Crippen molar-refractivity contribution in [2.45, 2.75) is 19.0 Å². The predicted molar refractivity (Wildman–Crippen MR) is 79.0 cm³/mol. The van der Waals surface area contributed by atoms with Crippen LogP contribution in [0.3, 0.4) is 0 Å². The minimum Gasteiger partial charge on any atom is -0.383 e. The van der Waals surface area contributed by atoms with E-state index in [4.69, 9.17) is 10.5 Å². The molecule has 2 unspecified atom stereocenters. The zero-order valence-electron chi connectivity index (χ0n) is 11.9. The normalized spacial score (nSPS) is 21.1. The molecular formula is C16H22N2O2. The van der Waals surface area contributed by atoms with Crippen LogP contribution >= 0.6 is 0 Å². The van der Waals surface area contributed by atoms with Crippen molar-refractivity contribution in [3.05, 3.63) is 48.0 Å². The summed E-state index contributed by atoms with van der Waals surface area (Å²) in [7, 11) is 1.65. The molecule has 1 aliphatic rings. The minimum absolute atomic E-state index is 0.00458. The Kier molecular flexibility index (Phi) is 5.32. The van der Waals surface area contributed by atoms with E-state index >= 15 is 0 Å². The number of nitrogens with zero attached hydrogens (tertiary/aromatic N) is 1. The Hall–Kier alpha value is -1.65. The largest absolute Gasteiger partial charge is 0.383 e. The third kappa shape index (κ3) is 3.92. The van der Waals surface area contributed by atoms with Crippen LogP contribution in [0.1, 0.15) is 12.0 Å². The van der Waals surface area contributed by atoms with Crippen LogP contribution in [0.2, 0.25) is 0 Å². The topological polar surface area (TPSA) is 55.6 Å². The van der Waals surface area contributed by atoms with Crippen LogP contribution < -0.4 is 5.73 Å². The first-order chi connectivity index (χ1) is 9.70.